The maximum atomic E-state index is 11.5. The van der Waals surface area contributed by atoms with Gasteiger partial charge in [0.15, 0.2) is 0 Å². The van der Waals surface area contributed by atoms with Gasteiger partial charge in [0.05, 0.1) is 6.10 Å². The first-order chi connectivity index (χ1) is 6.82. The molecule has 0 heterocycles. The van der Waals surface area contributed by atoms with Crippen molar-refractivity contribution in [3.8, 4) is 0 Å². The van der Waals surface area contributed by atoms with Gasteiger partial charge in [-0.2, -0.15) is 0 Å². The van der Waals surface area contributed by atoms with Crippen LogP contribution in [0.4, 0.5) is 4.79 Å². The summed E-state index contributed by atoms with van der Waals surface area (Å²) in [6.07, 6.45) is -0.683. The zero-order chi connectivity index (χ0) is 12.0. The number of ether oxygens (including phenoxy) is 1. The number of nitrogens with two attached hydrogens (primary N) is 1. The van der Waals surface area contributed by atoms with E-state index < -0.39 is 12.0 Å². The summed E-state index contributed by atoms with van der Waals surface area (Å²) in [5.41, 5.74) is 5.05. The lowest BCUT2D eigenvalue weighted by atomic mass is 10.2. The molecule has 0 radical (unpaired) electrons. The van der Waals surface area contributed by atoms with Crippen LogP contribution in [0.1, 0.15) is 27.7 Å². The van der Waals surface area contributed by atoms with E-state index in [2.05, 4.69) is 0 Å². The van der Waals surface area contributed by atoms with Gasteiger partial charge in [-0.25, -0.2) is 4.79 Å². The average Bonchev–Trinajstić information content (AvgIpc) is 1.99. The van der Waals surface area contributed by atoms with Crippen molar-refractivity contribution in [2.24, 2.45) is 11.7 Å². The molecule has 0 bridgehead atoms. The second kappa shape index (κ2) is 6.27. The van der Waals surface area contributed by atoms with Crippen molar-refractivity contribution in [1.82, 2.24) is 4.90 Å². The first-order valence-electron chi connectivity index (χ1n) is 5.06. The Kier molecular flexibility index (Phi) is 5.74. The Hall–Kier alpha value is -1.26. The summed E-state index contributed by atoms with van der Waals surface area (Å²) in [6, 6.07) is 0. The van der Waals surface area contributed by atoms with Crippen LogP contribution >= 0.6 is 0 Å². The molecule has 5 nitrogen and oxygen atoms in total. The molecule has 0 unspecified atom stereocenters. The van der Waals surface area contributed by atoms with Gasteiger partial charge >= 0.3 is 6.09 Å². The standard InChI is InChI=1S/C10H20N2O3/c1-7(2)5-12(6-9(11)13)10(14)15-8(3)4/h7-8H,5-6H2,1-4H3,(H2,11,13). The zero-order valence-corrected chi connectivity index (χ0v) is 9.82. The first kappa shape index (κ1) is 13.7. The van der Waals surface area contributed by atoms with E-state index in [4.69, 9.17) is 10.5 Å². The minimum Gasteiger partial charge on any atom is -0.447 e. The predicted octanol–water partition coefficient (Wildman–Crippen LogP) is 0.975. The van der Waals surface area contributed by atoms with Gasteiger partial charge in [-0.3, -0.25) is 9.69 Å². The maximum absolute atomic E-state index is 11.5. The number of primary amides is 1. The van der Waals surface area contributed by atoms with Gasteiger partial charge < -0.3 is 10.5 Å². The molecule has 0 atom stereocenters. The number of carbonyl (C=O) groups is 2. The number of rotatable bonds is 5. The molecule has 0 saturated carbocycles. The number of nitrogens with zero attached hydrogens (tertiary/aromatic N) is 1. The van der Waals surface area contributed by atoms with Gasteiger partial charge in [-0.15, -0.1) is 0 Å². The van der Waals surface area contributed by atoms with Gasteiger partial charge in [-0.1, -0.05) is 13.8 Å². The van der Waals surface area contributed by atoms with Crippen LogP contribution in [-0.4, -0.2) is 36.1 Å². The van der Waals surface area contributed by atoms with E-state index in [1.165, 1.54) is 4.90 Å². The van der Waals surface area contributed by atoms with Gasteiger partial charge in [0, 0.05) is 6.54 Å². The quantitative estimate of drug-likeness (QED) is 0.744. The average molecular weight is 216 g/mol. The third-order valence-electron chi connectivity index (χ3n) is 1.53. The summed E-state index contributed by atoms with van der Waals surface area (Å²) >= 11 is 0. The van der Waals surface area contributed by atoms with Crippen LogP contribution in [0.5, 0.6) is 0 Å². The normalized spacial score (nSPS) is 10.5. The Morgan fingerprint density at radius 1 is 1.27 bits per heavy atom. The third kappa shape index (κ3) is 6.76. The largest absolute Gasteiger partial charge is 0.447 e. The molecular formula is C10H20N2O3. The van der Waals surface area contributed by atoms with Crippen molar-refractivity contribution >= 4 is 12.0 Å². The summed E-state index contributed by atoms with van der Waals surface area (Å²) in [5.74, 6) is -0.264. The minimum atomic E-state index is -0.531. The van der Waals surface area contributed by atoms with E-state index in [-0.39, 0.29) is 18.6 Å². The molecule has 0 aromatic heterocycles. The Balaban J connectivity index is 4.33. The van der Waals surface area contributed by atoms with Crippen LogP contribution in [0, 0.1) is 5.92 Å². The Morgan fingerprint density at radius 3 is 2.13 bits per heavy atom. The summed E-state index contributed by atoms with van der Waals surface area (Å²) < 4.78 is 4.99. The molecule has 0 saturated heterocycles. The van der Waals surface area contributed by atoms with Gasteiger partial charge in [0.2, 0.25) is 5.91 Å². The van der Waals surface area contributed by atoms with Crippen molar-refractivity contribution in [2.75, 3.05) is 13.1 Å². The zero-order valence-electron chi connectivity index (χ0n) is 9.82. The predicted molar refractivity (Wildman–Crippen MR) is 57.2 cm³/mol. The second-order valence-corrected chi connectivity index (χ2v) is 4.17. The van der Waals surface area contributed by atoms with Crippen LogP contribution in [0.3, 0.4) is 0 Å². The Morgan fingerprint density at radius 2 is 1.80 bits per heavy atom. The fraction of sp³-hybridized carbons (Fsp3) is 0.800. The summed E-state index contributed by atoms with van der Waals surface area (Å²) in [7, 11) is 0. The van der Waals surface area contributed by atoms with Crippen molar-refractivity contribution in [1.29, 1.82) is 0 Å². The highest BCUT2D eigenvalue weighted by molar-refractivity contribution is 5.80. The highest BCUT2D eigenvalue weighted by atomic mass is 16.6. The third-order valence-corrected chi connectivity index (χ3v) is 1.53. The van der Waals surface area contributed by atoms with Gasteiger partial charge in [-0.05, 0) is 19.8 Å². The van der Waals surface area contributed by atoms with Crippen molar-refractivity contribution in [3.05, 3.63) is 0 Å². The molecule has 2 amide bonds. The van der Waals surface area contributed by atoms with E-state index in [1.54, 1.807) is 13.8 Å². The lowest BCUT2D eigenvalue weighted by molar-refractivity contribution is -0.119. The number of hydrogen-bond donors (Lipinski definition) is 1. The molecule has 0 aliphatic rings. The summed E-state index contributed by atoms with van der Waals surface area (Å²) in [4.78, 5) is 23.6. The van der Waals surface area contributed by atoms with Crippen LogP contribution in [-0.2, 0) is 9.53 Å². The van der Waals surface area contributed by atoms with Crippen LogP contribution in [0.25, 0.3) is 0 Å². The molecule has 0 rings (SSSR count). The molecule has 88 valence electrons. The molecule has 0 aliphatic heterocycles. The molecule has 15 heavy (non-hydrogen) atoms. The fourth-order valence-electron chi connectivity index (χ4n) is 1.11. The molecule has 0 fully saturated rings. The van der Waals surface area contributed by atoms with Crippen molar-refractivity contribution < 1.29 is 14.3 Å². The van der Waals surface area contributed by atoms with Gasteiger partial charge in [0.1, 0.15) is 6.54 Å². The molecule has 5 heteroatoms. The topological polar surface area (TPSA) is 72.6 Å². The minimum absolute atomic E-state index is 0.0935. The van der Waals surface area contributed by atoms with E-state index in [9.17, 15) is 9.59 Å². The molecule has 0 spiro atoms. The van der Waals surface area contributed by atoms with Crippen LogP contribution in [0.15, 0.2) is 0 Å². The smallest absolute Gasteiger partial charge is 0.410 e. The van der Waals surface area contributed by atoms with E-state index in [0.29, 0.717) is 6.54 Å². The van der Waals surface area contributed by atoms with Crippen molar-refractivity contribution in [3.63, 3.8) is 0 Å². The van der Waals surface area contributed by atoms with Gasteiger partial charge in [0.25, 0.3) is 0 Å². The maximum Gasteiger partial charge on any atom is 0.410 e. The summed E-state index contributed by atoms with van der Waals surface area (Å²) in [5, 5.41) is 0. The Labute approximate surface area is 90.6 Å². The molecule has 0 aromatic carbocycles. The van der Waals surface area contributed by atoms with Crippen LogP contribution in [0.2, 0.25) is 0 Å². The highest BCUT2D eigenvalue weighted by Crippen LogP contribution is 2.03. The SMILES string of the molecule is CC(C)CN(CC(N)=O)C(=O)OC(C)C. The second-order valence-electron chi connectivity index (χ2n) is 4.17. The first-order valence-corrected chi connectivity index (χ1v) is 5.06. The number of hydrogen-bond acceptors (Lipinski definition) is 3. The highest BCUT2D eigenvalue weighted by Gasteiger charge is 2.19. The van der Waals surface area contributed by atoms with Crippen molar-refractivity contribution in [2.45, 2.75) is 33.8 Å². The molecule has 2 N–H and O–H groups in total. The van der Waals surface area contributed by atoms with Crippen LogP contribution < -0.4 is 5.73 Å². The molecule has 0 aromatic rings. The molecule has 0 aliphatic carbocycles. The number of carbonyl (C=O) groups excluding carboxylic acids is 2. The fourth-order valence-corrected chi connectivity index (χ4v) is 1.11. The number of amides is 2. The lowest BCUT2D eigenvalue weighted by Crippen LogP contribution is -2.41. The lowest BCUT2D eigenvalue weighted by Gasteiger charge is -2.23. The van der Waals surface area contributed by atoms with E-state index in [0.717, 1.165) is 0 Å². The van der Waals surface area contributed by atoms with E-state index in [1.807, 2.05) is 13.8 Å². The summed E-state index contributed by atoms with van der Waals surface area (Å²) in [6.45, 7) is 7.80. The monoisotopic (exact) mass is 216 g/mol. The molecular weight excluding hydrogens is 196 g/mol. The van der Waals surface area contributed by atoms with E-state index >= 15 is 0 Å². The Bertz CT molecular complexity index is 227.